The van der Waals surface area contributed by atoms with Gasteiger partial charge in [0, 0.05) is 41.1 Å². The minimum absolute atomic E-state index is 0.110. The van der Waals surface area contributed by atoms with E-state index in [9.17, 15) is 0 Å². The van der Waals surface area contributed by atoms with Crippen LogP contribution >= 0.6 is 0 Å². The molecule has 9 rings (SSSR count). The molecule has 3 nitrogen and oxygen atoms in total. The van der Waals surface area contributed by atoms with Crippen molar-refractivity contribution in [1.29, 1.82) is 0 Å². The molecule has 3 unspecified atom stereocenters. The Bertz CT molecular complexity index is 2580. The highest BCUT2D eigenvalue weighted by molar-refractivity contribution is 6.23. The van der Waals surface area contributed by atoms with Crippen molar-refractivity contribution in [2.45, 2.75) is 38.3 Å². The van der Waals surface area contributed by atoms with Crippen LogP contribution in [0.4, 0.5) is 5.69 Å². The van der Waals surface area contributed by atoms with Crippen LogP contribution < -0.4 is 16.4 Å². The van der Waals surface area contributed by atoms with Crippen molar-refractivity contribution in [3.63, 3.8) is 0 Å². The molecule has 260 valence electrons. The van der Waals surface area contributed by atoms with Gasteiger partial charge in [0.25, 0.3) is 0 Å². The van der Waals surface area contributed by atoms with Crippen molar-refractivity contribution in [2.75, 3.05) is 5.32 Å². The van der Waals surface area contributed by atoms with E-state index in [1.54, 1.807) is 0 Å². The SMILES string of the molecule is N/C(=C\C(NCc1cccc2ccccc12)C1C=CC(Nc2ccccc2-c2cc3ccccc3c3ccc4ccccc4c23)=CC1)C1CC=CCC1. The summed E-state index contributed by atoms with van der Waals surface area (Å²) in [4.78, 5) is 0. The summed E-state index contributed by atoms with van der Waals surface area (Å²) < 4.78 is 0. The smallest absolute Gasteiger partial charge is 0.0464 e. The van der Waals surface area contributed by atoms with Crippen LogP contribution in [-0.4, -0.2) is 6.04 Å². The van der Waals surface area contributed by atoms with Crippen LogP contribution in [0.25, 0.3) is 54.2 Å². The fourth-order valence-corrected chi connectivity index (χ4v) is 8.52. The van der Waals surface area contributed by atoms with Crippen molar-refractivity contribution in [2.24, 2.45) is 17.6 Å². The van der Waals surface area contributed by atoms with Gasteiger partial charge in [-0.05, 0) is 110 Å². The monoisotopic (exact) mass is 687 g/mol. The van der Waals surface area contributed by atoms with Crippen molar-refractivity contribution in [1.82, 2.24) is 5.32 Å². The first-order valence-electron chi connectivity index (χ1n) is 19.1. The van der Waals surface area contributed by atoms with Crippen molar-refractivity contribution in [3.05, 3.63) is 187 Å². The summed E-state index contributed by atoms with van der Waals surface area (Å²) in [5.74, 6) is 0.682. The van der Waals surface area contributed by atoms with Gasteiger partial charge in [-0.3, -0.25) is 0 Å². The molecule has 2 aliphatic carbocycles. The number of hydrogen-bond acceptors (Lipinski definition) is 3. The van der Waals surface area contributed by atoms with Gasteiger partial charge in [0.15, 0.2) is 0 Å². The molecule has 53 heavy (non-hydrogen) atoms. The molecule has 0 spiro atoms. The van der Waals surface area contributed by atoms with Gasteiger partial charge in [-0.25, -0.2) is 0 Å². The van der Waals surface area contributed by atoms with E-state index in [0.29, 0.717) is 5.92 Å². The number of fused-ring (bicyclic) bond motifs is 6. The number of hydrogen-bond donors (Lipinski definition) is 3. The van der Waals surface area contributed by atoms with Crippen LogP contribution in [0.1, 0.15) is 31.2 Å². The van der Waals surface area contributed by atoms with Crippen molar-refractivity contribution in [3.8, 4) is 11.1 Å². The molecule has 3 atom stereocenters. The summed E-state index contributed by atoms with van der Waals surface area (Å²) in [6.45, 7) is 0.779. The van der Waals surface area contributed by atoms with E-state index >= 15 is 0 Å². The zero-order chi connectivity index (χ0) is 35.6. The third-order valence-electron chi connectivity index (χ3n) is 11.4. The maximum Gasteiger partial charge on any atom is 0.0464 e. The molecule has 0 fully saturated rings. The van der Waals surface area contributed by atoms with Crippen LogP contribution in [0, 0.1) is 11.8 Å². The highest BCUT2D eigenvalue weighted by Gasteiger charge is 2.22. The second kappa shape index (κ2) is 14.6. The minimum Gasteiger partial charge on any atom is -0.402 e. The molecule has 0 radical (unpaired) electrons. The normalized spacial score (nSPS) is 18.1. The van der Waals surface area contributed by atoms with Gasteiger partial charge in [-0.1, -0.05) is 146 Å². The summed E-state index contributed by atoms with van der Waals surface area (Å²) in [6.07, 6.45) is 18.0. The molecule has 7 aromatic carbocycles. The van der Waals surface area contributed by atoms with Crippen molar-refractivity contribution >= 4 is 48.8 Å². The van der Waals surface area contributed by atoms with E-state index in [-0.39, 0.29) is 12.0 Å². The number of nitrogens with two attached hydrogens (primary N) is 1. The Morgan fingerprint density at radius 2 is 1.42 bits per heavy atom. The summed E-state index contributed by atoms with van der Waals surface area (Å²) in [5.41, 5.74) is 13.8. The lowest BCUT2D eigenvalue weighted by Gasteiger charge is -2.28. The lowest BCUT2D eigenvalue weighted by molar-refractivity contribution is 0.459. The summed E-state index contributed by atoms with van der Waals surface area (Å²) in [7, 11) is 0. The fraction of sp³-hybridized carbons (Fsp3) is 0.160. The average Bonchev–Trinajstić information content (AvgIpc) is 3.22. The Morgan fingerprint density at radius 1 is 0.679 bits per heavy atom. The van der Waals surface area contributed by atoms with E-state index in [1.165, 1.54) is 59.8 Å². The van der Waals surface area contributed by atoms with Gasteiger partial charge < -0.3 is 16.4 Å². The molecule has 0 bridgehead atoms. The molecule has 2 aliphatic rings. The lowest BCUT2D eigenvalue weighted by atomic mass is 9.86. The Kier molecular flexibility index (Phi) is 9.09. The first-order chi connectivity index (χ1) is 26.2. The standard InChI is InChI=1S/C50H45N3/c51-47(36-15-2-1-3-16-36)32-49(52-33-39-19-12-18-34-13-4-7-20-41(34)39)37-25-28-40(29-26-37)53-48-24-11-10-23-44(48)46-31-38-17-6-8-21-42(38)45-30-27-35-14-5-9-22-43(35)50(45)46/h1-2,4-14,17-25,27-32,36-37,49,52-53H,3,15-16,26,33,51H2/b47-32-. The van der Waals surface area contributed by atoms with E-state index in [2.05, 4.69) is 181 Å². The van der Waals surface area contributed by atoms with Gasteiger partial charge >= 0.3 is 0 Å². The van der Waals surface area contributed by atoms with Crippen LogP contribution in [0.3, 0.4) is 0 Å². The Balaban J connectivity index is 1.02. The van der Waals surface area contributed by atoms with Crippen LogP contribution in [0.5, 0.6) is 0 Å². The number of anilines is 1. The van der Waals surface area contributed by atoms with Crippen LogP contribution in [0.15, 0.2) is 181 Å². The molecule has 4 N–H and O–H groups in total. The third kappa shape index (κ3) is 6.65. The predicted molar refractivity (Wildman–Crippen MR) is 227 cm³/mol. The van der Waals surface area contributed by atoms with Gasteiger partial charge in [-0.2, -0.15) is 0 Å². The maximum atomic E-state index is 6.86. The molecule has 0 saturated carbocycles. The van der Waals surface area contributed by atoms with Crippen LogP contribution in [-0.2, 0) is 6.54 Å². The first-order valence-corrected chi connectivity index (χ1v) is 19.1. The van der Waals surface area contributed by atoms with E-state index in [1.807, 2.05) is 0 Å². The predicted octanol–water partition coefficient (Wildman–Crippen LogP) is 12.2. The second-order valence-corrected chi connectivity index (χ2v) is 14.6. The molecule has 0 amide bonds. The molecule has 0 saturated heterocycles. The number of nitrogens with one attached hydrogen (secondary N) is 2. The topological polar surface area (TPSA) is 50.1 Å². The molecule has 0 aromatic heterocycles. The molecular formula is C50H45N3. The quantitative estimate of drug-likeness (QED) is 0.105. The van der Waals surface area contributed by atoms with Crippen LogP contribution in [0.2, 0.25) is 0 Å². The third-order valence-corrected chi connectivity index (χ3v) is 11.4. The van der Waals surface area contributed by atoms with E-state index in [0.717, 1.165) is 49.3 Å². The van der Waals surface area contributed by atoms with E-state index in [4.69, 9.17) is 5.73 Å². The molecule has 7 aromatic rings. The lowest BCUT2D eigenvalue weighted by Crippen LogP contribution is -2.35. The molecule has 3 heteroatoms. The Labute approximate surface area is 312 Å². The number of rotatable bonds is 9. The second-order valence-electron chi connectivity index (χ2n) is 14.6. The van der Waals surface area contributed by atoms with Gasteiger partial charge in [0.05, 0.1) is 0 Å². The fourth-order valence-electron chi connectivity index (χ4n) is 8.52. The van der Waals surface area contributed by atoms with Gasteiger partial charge in [0.2, 0.25) is 0 Å². The molecule has 0 heterocycles. The summed E-state index contributed by atoms with van der Waals surface area (Å²) >= 11 is 0. The zero-order valence-corrected chi connectivity index (χ0v) is 30.0. The average molecular weight is 688 g/mol. The zero-order valence-electron chi connectivity index (χ0n) is 30.0. The number of allylic oxidation sites excluding steroid dienone is 5. The van der Waals surface area contributed by atoms with Gasteiger partial charge in [0.1, 0.15) is 0 Å². The maximum absolute atomic E-state index is 6.86. The van der Waals surface area contributed by atoms with E-state index < -0.39 is 0 Å². The highest BCUT2D eigenvalue weighted by atomic mass is 14.9. The minimum atomic E-state index is 0.110. The van der Waals surface area contributed by atoms with Gasteiger partial charge in [-0.15, -0.1) is 0 Å². The summed E-state index contributed by atoms with van der Waals surface area (Å²) in [5, 5.41) is 18.0. The number of para-hydroxylation sites is 1. The number of benzene rings is 7. The summed E-state index contributed by atoms with van der Waals surface area (Å²) in [6, 6.07) is 48.5. The van der Waals surface area contributed by atoms with Crippen molar-refractivity contribution < 1.29 is 0 Å². The highest BCUT2D eigenvalue weighted by Crippen LogP contribution is 2.42. The Morgan fingerprint density at radius 3 is 2.23 bits per heavy atom. The molecule has 0 aliphatic heterocycles. The molecular weight excluding hydrogens is 643 g/mol. The largest absolute Gasteiger partial charge is 0.402 e. The Hall–Kier alpha value is -5.90. The first kappa shape index (κ1) is 33.0.